The molecular formula is C24H21NO3. The van der Waals surface area contributed by atoms with Crippen molar-refractivity contribution in [2.75, 3.05) is 0 Å². The van der Waals surface area contributed by atoms with Gasteiger partial charge >= 0.3 is 5.97 Å². The fourth-order valence-corrected chi connectivity index (χ4v) is 2.63. The van der Waals surface area contributed by atoms with Gasteiger partial charge in [-0.2, -0.15) is 5.26 Å². The normalized spacial score (nSPS) is 10.8. The van der Waals surface area contributed by atoms with Gasteiger partial charge in [0.25, 0.3) is 0 Å². The highest BCUT2D eigenvalue weighted by Gasteiger charge is 2.13. The van der Waals surface area contributed by atoms with E-state index in [0.29, 0.717) is 22.6 Å². The molecule has 0 unspecified atom stereocenters. The average molecular weight is 371 g/mol. The van der Waals surface area contributed by atoms with E-state index < -0.39 is 5.97 Å². The van der Waals surface area contributed by atoms with E-state index in [9.17, 15) is 4.79 Å². The summed E-state index contributed by atoms with van der Waals surface area (Å²) in [5.41, 5.74) is 2.75. The molecule has 3 aromatic rings. The molecule has 0 aliphatic carbocycles. The van der Waals surface area contributed by atoms with E-state index in [-0.39, 0.29) is 5.60 Å². The van der Waals surface area contributed by atoms with Crippen molar-refractivity contribution in [2.45, 2.75) is 26.4 Å². The lowest BCUT2D eigenvalue weighted by Gasteiger charge is -2.21. The first-order chi connectivity index (χ1) is 13.3. The second-order valence-corrected chi connectivity index (χ2v) is 7.34. The topological polar surface area (TPSA) is 59.3 Å². The summed E-state index contributed by atoms with van der Waals surface area (Å²) in [6, 6.07) is 23.6. The maximum absolute atomic E-state index is 12.3. The van der Waals surface area contributed by atoms with Crippen molar-refractivity contribution < 1.29 is 14.3 Å². The Bertz CT molecular complexity index is 990. The first-order valence-electron chi connectivity index (χ1n) is 8.96. The molecule has 3 aromatic carbocycles. The number of hydrogen-bond donors (Lipinski definition) is 0. The maximum atomic E-state index is 12.3. The van der Waals surface area contributed by atoms with Crippen LogP contribution in [0.25, 0.3) is 11.1 Å². The predicted octanol–water partition coefficient (Wildman–Crippen LogP) is 5.62. The number of nitrogens with zero attached hydrogens (tertiary/aromatic N) is 1. The van der Waals surface area contributed by atoms with Crippen LogP contribution in [-0.4, -0.2) is 11.6 Å². The largest absolute Gasteiger partial charge is 0.488 e. The Labute approximate surface area is 165 Å². The SMILES string of the molecule is CC(C)(C)Oc1ccc(C(=O)Oc2ccc(-c3ccc(C#N)cc3)cc2)cc1. The second kappa shape index (κ2) is 7.98. The highest BCUT2D eigenvalue weighted by Crippen LogP contribution is 2.24. The van der Waals surface area contributed by atoms with Crippen molar-refractivity contribution in [1.29, 1.82) is 5.26 Å². The lowest BCUT2D eigenvalue weighted by molar-refractivity contribution is 0.0734. The van der Waals surface area contributed by atoms with Crippen molar-refractivity contribution in [3.63, 3.8) is 0 Å². The van der Waals surface area contributed by atoms with E-state index in [2.05, 4.69) is 6.07 Å². The molecule has 28 heavy (non-hydrogen) atoms. The van der Waals surface area contributed by atoms with E-state index in [1.807, 2.05) is 45.0 Å². The Morgan fingerprint density at radius 1 is 0.786 bits per heavy atom. The summed E-state index contributed by atoms with van der Waals surface area (Å²) >= 11 is 0. The quantitative estimate of drug-likeness (QED) is 0.441. The van der Waals surface area contributed by atoms with Gasteiger partial charge in [0.05, 0.1) is 17.2 Å². The van der Waals surface area contributed by atoms with Gasteiger partial charge in [0, 0.05) is 0 Å². The van der Waals surface area contributed by atoms with Crippen molar-refractivity contribution in [3.05, 3.63) is 83.9 Å². The fourth-order valence-electron chi connectivity index (χ4n) is 2.63. The number of esters is 1. The monoisotopic (exact) mass is 371 g/mol. The van der Waals surface area contributed by atoms with Crippen LogP contribution in [0.4, 0.5) is 0 Å². The van der Waals surface area contributed by atoms with Crippen LogP contribution in [0.5, 0.6) is 11.5 Å². The first kappa shape index (κ1) is 19.2. The fraction of sp³-hybridized carbons (Fsp3) is 0.167. The number of nitriles is 1. The highest BCUT2D eigenvalue weighted by molar-refractivity contribution is 5.91. The van der Waals surface area contributed by atoms with Gasteiger partial charge in [-0.1, -0.05) is 24.3 Å². The molecule has 0 heterocycles. The summed E-state index contributed by atoms with van der Waals surface area (Å²) in [6.07, 6.45) is 0. The Kier molecular flexibility index (Phi) is 5.47. The molecule has 4 nitrogen and oxygen atoms in total. The zero-order valence-corrected chi connectivity index (χ0v) is 16.1. The van der Waals surface area contributed by atoms with Crippen LogP contribution in [-0.2, 0) is 0 Å². The molecule has 0 amide bonds. The number of carbonyl (C=O) groups excluding carboxylic acids is 1. The summed E-state index contributed by atoms with van der Waals surface area (Å²) < 4.78 is 11.2. The molecule has 0 radical (unpaired) electrons. The van der Waals surface area contributed by atoms with Crippen LogP contribution in [0.3, 0.4) is 0 Å². The summed E-state index contributed by atoms with van der Waals surface area (Å²) in [7, 11) is 0. The summed E-state index contributed by atoms with van der Waals surface area (Å²) in [5, 5.41) is 8.87. The number of ether oxygens (including phenoxy) is 2. The minimum atomic E-state index is -0.423. The third kappa shape index (κ3) is 4.99. The van der Waals surface area contributed by atoms with E-state index >= 15 is 0 Å². The van der Waals surface area contributed by atoms with Crippen molar-refractivity contribution in [1.82, 2.24) is 0 Å². The Balaban J connectivity index is 1.66. The number of carbonyl (C=O) groups is 1. The highest BCUT2D eigenvalue weighted by atomic mass is 16.5. The number of hydrogen-bond acceptors (Lipinski definition) is 4. The molecule has 0 aromatic heterocycles. The van der Waals surface area contributed by atoms with Gasteiger partial charge in [0.2, 0.25) is 0 Å². The Morgan fingerprint density at radius 3 is 1.79 bits per heavy atom. The molecule has 0 saturated carbocycles. The molecule has 0 bridgehead atoms. The molecule has 4 heteroatoms. The standard InChI is InChI=1S/C24H21NO3/c1-24(2,3)28-22-14-10-20(11-15-22)23(26)27-21-12-8-19(9-13-21)18-6-4-17(16-25)5-7-18/h4-15H,1-3H3. The van der Waals surface area contributed by atoms with E-state index in [1.165, 1.54) is 0 Å². The molecular weight excluding hydrogens is 350 g/mol. The molecule has 140 valence electrons. The lowest BCUT2D eigenvalue weighted by Crippen LogP contribution is -2.22. The van der Waals surface area contributed by atoms with Gasteiger partial charge in [-0.25, -0.2) is 4.79 Å². The van der Waals surface area contributed by atoms with Gasteiger partial charge in [-0.3, -0.25) is 0 Å². The van der Waals surface area contributed by atoms with Crippen molar-refractivity contribution >= 4 is 5.97 Å². The van der Waals surface area contributed by atoms with Crippen LogP contribution < -0.4 is 9.47 Å². The van der Waals surface area contributed by atoms with Gasteiger partial charge in [0.1, 0.15) is 17.1 Å². The first-order valence-corrected chi connectivity index (χ1v) is 8.96. The Morgan fingerprint density at radius 2 is 1.29 bits per heavy atom. The Hall–Kier alpha value is -3.58. The third-order valence-corrected chi connectivity index (χ3v) is 3.93. The maximum Gasteiger partial charge on any atom is 0.343 e. The molecule has 0 atom stereocenters. The lowest BCUT2D eigenvalue weighted by atomic mass is 10.0. The van der Waals surface area contributed by atoms with E-state index in [1.54, 1.807) is 48.5 Å². The van der Waals surface area contributed by atoms with Gasteiger partial charge in [-0.05, 0) is 80.4 Å². The van der Waals surface area contributed by atoms with Gasteiger partial charge in [0.15, 0.2) is 0 Å². The number of benzene rings is 3. The zero-order chi connectivity index (χ0) is 20.1. The minimum Gasteiger partial charge on any atom is -0.488 e. The van der Waals surface area contributed by atoms with Crippen LogP contribution in [0.1, 0.15) is 36.7 Å². The predicted molar refractivity (Wildman–Crippen MR) is 108 cm³/mol. The summed E-state index contributed by atoms with van der Waals surface area (Å²) in [6.45, 7) is 5.91. The van der Waals surface area contributed by atoms with Crippen LogP contribution in [0, 0.1) is 11.3 Å². The summed E-state index contributed by atoms with van der Waals surface area (Å²) in [4.78, 5) is 12.3. The van der Waals surface area contributed by atoms with Crippen molar-refractivity contribution in [3.8, 4) is 28.7 Å². The minimum absolute atomic E-state index is 0.293. The van der Waals surface area contributed by atoms with Crippen LogP contribution in [0.2, 0.25) is 0 Å². The second-order valence-electron chi connectivity index (χ2n) is 7.34. The van der Waals surface area contributed by atoms with Crippen molar-refractivity contribution in [2.24, 2.45) is 0 Å². The molecule has 0 aliphatic rings. The molecule has 0 aliphatic heterocycles. The molecule has 3 rings (SSSR count). The molecule has 0 N–H and O–H groups in total. The van der Waals surface area contributed by atoms with E-state index in [0.717, 1.165) is 11.1 Å². The van der Waals surface area contributed by atoms with Crippen LogP contribution >= 0.6 is 0 Å². The molecule has 0 spiro atoms. The average Bonchev–Trinajstić information content (AvgIpc) is 2.68. The van der Waals surface area contributed by atoms with Crippen LogP contribution in [0.15, 0.2) is 72.8 Å². The number of rotatable bonds is 4. The summed E-state index contributed by atoms with van der Waals surface area (Å²) in [5.74, 6) is 0.752. The van der Waals surface area contributed by atoms with Gasteiger partial charge < -0.3 is 9.47 Å². The van der Waals surface area contributed by atoms with Gasteiger partial charge in [-0.15, -0.1) is 0 Å². The molecule has 0 fully saturated rings. The zero-order valence-electron chi connectivity index (χ0n) is 16.1. The third-order valence-electron chi connectivity index (χ3n) is 3.93. The molecule has 0 saturated heterocycles. The smallest absolute Gasteiger partial charge is 0.343 e. The van der Waals surface area contributed by atoms with E-state index in [4.69, 9.17) is 14.7 Å².